The molecule has 2 aromatic carbocycles. The minimum absolute atomic E-state index is 0.282. The van der Waals surface area contributed by atoms with Crippen LogP contribution in [0.4, 0.5) is 0 Å². The Morgan fingerprint density at radius 2 is 1.74 bits per heavy atom. The maximum atomic E-state index is 11.9. The molecule has 2 aromatic rings. The normalized spacial score (nSPS) is 13.0. The Morgan fingerprint density at radius 1 is 0.963 bits per heavy atom. The lowest BCUT2D eigenvalue weighted by Crippen LogP contribution is -2.19. The summed E-state index contributed by atoms with van der Waals surface area (Å²) in [5.41, 5.74) is 2.02. The molecule has 0 saturated heterocycles. The number of aryl methyl sites for hydroxylation is 1. The zero-order chi connectivity index (χ0) is 19.2. The van der Waals surface area contributed by atoms with E-state index in [2.05, 4.69) is 0 Å². The number of carbonyl (C=O) groups is 3. The molecule has 5 heteroatoms. The van der Waals surface area contributed by atoms with E-state index in [1.165, 1.54) is 6.08 Å². The van der Waals surface area contributed by atoms with Gasteiger partial charge in [-0.15, -0.1) is 0 Å². The summed E-state index contributed by atoms with van der Waals surface area (Å²) in [5, 5.41) is 0. The maximum absolute atomic E-state index is 11.9. The summed E-state index contributed by atoms with van der Waals surface area (Å²) >= 11 is 0. The molecule has 0 fully saturated rings. The first kappa shape index (κ1) is 18.6. The predicted octanol–water partition coefficient (Wildman–Crippen LogP) is 3.89. The smallest absolute Gasteiger partial charge is 0.311 e. The van der Waals surface area contributed by atoms with Gasteiger partial charge in [0.05, 0.1) is 6.61 Å². The van der Waals surface area contributed by atoms with Gasteiger partial charge in [-0.1, -0.05) is 36.4 Å². The van der Waals surface area contributed by atoms with Crippen molar-refractivity contribution >= 4 is 23.3 Å². The summed E-state index contributed by atoms with van der Waals surface area (Å²) in [4.78, 5) is 35.5. The molecule has 0 atom stereocenters. The van der Waals surface area contributed by atoms with Gasteiger partial charge in [0.15, 0.2) is 0 Å². The molecule has 0 unspecified atom stereocenters. The highest BCUT2D eigenvalue weighted by atomic mass is 16.5. The van der Waals surface area contributed by atoms with Crippen LogP contribution in [-0.4, -0.2) is 24.1 Å². The van der Waals surface area contributed by atoms with Crippen LogP contribution in [-0.2, 0) is 14.3 Å². The minimum Gasteiger partial charge on any atom is -0.493 e. The first-order chi connectivity index (χ1) is 13.0. The molecule has 0 aliphatic heterocycles. The lowest BCUT2D eigenvalue weighted by atomic mass is 9.94. The minimum atomic E-state index is -0.578. The summed E-state index contributed by atoms with van der Waals surface area (Å²) in [7, 11) is 0. The van der Waals surface area contributed by atoms with Crippen molar-refractivity contribution in [3.05, 3.63) is 71.3 Å². The van der Waals surface area contributed by atoms with Crippen LogP contribution < -0.4 is 4.74 Å². The van der Waals surface area contributed by atoms with Gasteiger partial charge >= 0.3 is 5.97 Å². The number of hydrogen-bond donors (Lipinski definition) is 0. The van der Waals surface area contributed by atoms with Crippen LogP contribution >= 0.6 is 0 Å². The number of ether oxygens (including phenoxy) is 2. The summed E-state index contributed by atoms with van der Waals surface area (Å²) in [6.45, 7) is 2.28. The van der Waals surface area contributed by atoms with Gasteiger partial charge in [0.1, 0.15) is 11.5 Å². The van der Waals surface area contributed by atoms with Gasteiger partial charge in [-0.05, 0) is 37.5 Å². The summed E-state index contributed by atoms with van der Waals surface area (Å²) < 4.78 is 11.0. The van der Waals surface area contributed by atoms with Crippen molar-refractivity contribution in [3.8, 4) is 5.75 Å². The number of hydrogen-bond acceptors (Lipinski definition) is 5. The number of unbranched alkanes of at least 4 members (excludes halogenated alkanes) is 1. The molecule has 27 heavy (non-hydrogen) atoms. The average molecular weight is 364 g/mol. The fourth-order valence-electron chi connectivity index (χ4n) is 2.83. The van der Waals surface area contributed by atoms with E-state index in [-0.39, 0.29) is 12.4 Å². The third-order valence-electron chi connectivity index (χ3n) is 4.18. The van der Waals surface area contributed by atoms with E-state index in [4.69, 9.17) is 9.47 Å². The highest BCUT2D eigenvalue weighted by molar-refractivity contribution is 6.50. The average Bonchev–Trinajstić information content (AvgIpc) is 2.65. The number of Topliss-reactive ketones (excluding diaryl/α,β-unsaturated/α-hetero) is 1. The Morgan fingerprint density at radius 3 is 2.52 bits per heavy atom. The molecule has 0 radical (unpaired) electrons. The van der Waals surface area contributed by atoms with Crippen LogP contribution in [0.5, 0.6) is 5.75 Å². The number of carbonyl (C=O) groups excluding carboxylic acids is 3. The highest BCUT2D eigenvalue weighted by Crippen LogP contribution is 2.26. The van der Waals surface area contributed by atoms with Crippen LogP contribution in [0.3, 0.4) is 0 Å². The number of fused-ring (bicyclic) bond motifs is 1. The van der Waals surface area contributed by atoms with Crippen LogP contribution in [0.2, 0.25) is 0 Å². The van der Waals surface area contributed by atoms with Crippen molar-refractivity contribution in [1.82, 2.24) is 0 Å². The topological polar surface area (TPSA) is 69.7 Å². The van der Waals surface area contributed by atoms with E-state index < -0.39 is 11.6 Å². The molecule has 3 rings (SSSR count). The standard InChI is InChI=1S/C22H20O5/c1-15-7-6-8-16(13-15)27-21(24)11-4-5-12-26-20-14-19(23)22(25)18-10-3-2-9-17(18)20/h2-3,6-10,13-14H,4-5,11-12H2,1H3. The SMILES string of the molecule is Cc1cccc(OC(=O)CCCCOC2=CC(=O)C(=O)c3ccccc32)c1. The third kappa shape index (κ3) is 4.70. The molecular weight excluding hydrogens is 344 g/mol. The molecule has 0 bridgehead atoms. The summed E-state index contributed by atoms with van der Waals surface area (Å²) in [5.74, 6) is -0.438. The van der Waals surface area contributed by atoms with E-state index in [9.17, 15) is 14.4 Å². The highest BCUT2D eigenvalue weighted by Gasteiger charge is 2.26. The van der Waals surface area contributed by atoms with E-state index in [1.807, 2.05) is 25.1 Å². The lowest BCUT2D eigenvalue weighted by Gasteiger charge is -2.16. The van der Waals surface area contributed by atoms with E-state index in [0.717, 1.165) is 5.56 Å². The molecule has 1 aliphatic carbocycles. The Balaban J connectivity index is 1.45. The lowest BCUT2D eigenvalue weighted by molar-refractivity contribution is -0.134. The van der Waals surface area contributed by atoms with Gasteiger partial charge in [-0.25, -0.2) is 0 Å². The van der Waals surface area contributed by atoms with Crippen molar-refractivity contribution in [2.75, 3.05) is 6.61 Å². The van der Waals surface area contributed by atoms with Crippen molar-refractivity contribution in [3.63, 3.8) is 0 Å². The van der Waals surface area contributed by atoms with Crippen molar-refractivity contribution < 1.29 is 23.9 Å². The predicted molar refractivity (Wildman–Crippen MR) is 100 cm³/mol. The number of esters is 1. The second-order valence-electron chi connectivity index (χ2n) is 6.34. The molecule has 0 N–H and O–H groups in total. The number of allylic oxidation sites excluding steroid dienone is 1. The molecular formula is C22H20O5. The Labute approximate surface area is 157 Å². The van der Waals surface area contributed by atoms with Gasteiger partial charge in [-0.3, -0.25) is 14.4 Å². The first-order valence-corrected chi connectivity index (χ1v) is 8.84. The fraction of sp³-hybridized carbons (Fsp3) is 0.227. The van der Waals surface area contributed by atoms with Crippen molar-refractivity contribution in [2.45, 2.75) is 26.2 Å². The van der Waals surface area contributed by atoms with Crippen molar-refractivity contribution in [1.29, 1.82) is 0 Å². The quantitative estimate of drug-likeness (QED) is 0.323. The third-order valence-corrected chi connectivity index (χ3v) is 4.18. The second-order valence-corrected chi connectivity index (χ2v) is 6.34. The van der Waals surface area contributed by atoms with Gasteiger partial charge < -0.3 is 9.47 Å². The van der Waals surface area contributed by atoms with Gasteiger partial charge in [0, 0.05) is 23.6 Å². The van der Waals surface area contributed by atoms with Gasteiger partial charge in [0.25, 0.3) is 0 Å². The van der Waals surface area contributed by atoms with Gasteiger partial charge in [-0.2, -0.15) is 0 Å². The van der Waals surface area contributed by atoms with E-state index in [0.29, 0.717) is 42.1 Å². The maximum Gasteiger partial charge on any atom is 0.311 e. The molecule has 0 aromatic heterocycles. The summed E-state index contributed by atoms with van der Waals surface area (Å²) in [6, 6.07) is 14.2. The van der Waals surface area contributed by atoms with Gasteiger partial charge in [0.2, 0.25) is 11.6 Å². The molecule has 1 aliphatic rings. The summed E-state index contributed by atoms with van der Waals surface area (Å²) in [6.07, 6.45) is 2.75. The second kappa shape index (κ2) is 8.45. The number of ketones is 2. The molecule has 0 heterocycles. The number of rotatable bonds is 7. The Kier molecular flexibility index (Phi) is 5.81. The largest absolute Gasteiger partial charge is 0.493 e. The molecule has 5 nitrogen and oxygen atoms in total. The molecule has 0 spiro atoms. The first-order valence-electron chi connectivity index (χ1n) is 8.84. The van der Waals surface area contributed by atoms with E-state index >= 15 is 0 Å². The fourth-order valence-corrected chi connectivity index (χ4v) is 2.83. The monoisotopic (exact) mass is 364 g/mol. The molecule has 138 valence electrons. The number of benzene rings is 2. The van der Waals surface area contributed by atoms with Crippen LogP contribution in [0.25, 0.3) is 5.76 Å². The Hall–Kier alpha value is -3.21. The Bertz CT molecular complexity index is 910. The van der Waals surface area contributed by atoms with E-state index in [1.54, 1.807) is 30.3 Å². The van der Waals surface area contributed by atoms with Crippen molar-refractivity contribution in [2.24, 2.45) is 0 Å². The van der Waals surface area contributed by atoms with Crippen LogP contribution in [0.15, 0.2) is 54.6 Å². The van der Waals surface area contributed by atoms with Crippen LogP contribution in [0.1, 0.15) is 40.7 Å². The molecule has 0 saturated carbocycles. The molecule has 0 amide bonds. The van der Waals surface area contributed by atoms with Crippen LogP contribution in [0, 0.1) is 6.92 Å². The zero-order valence-corrected chi connectivity index (χ0v) is 15.1. The zero-order valence-electron chi connectivity index (χ0n) is 15.1.